The van der Waals surface area contributed by atoms with Crippen LogP contribution in [0.5, 0.6) is 0 Å². The van der Waals surface area contributed by atoms with Crippen molar-refractivity contribution in [3.8, 4) is 0 Å². The molecule has 2 aliphatic rings. The summed E-state index contributed by atoms with van der Waals surface area (Å²) in [6.45, 7) is 4.13. The van der Waals surface area contributed by atoms with Gasteiger partial charge in [-0.15, -0.1) is 0 Å². The number of nitrogens with one attached hydrogen (secondary N) is 1. The number of amides is 1. The average Bonchev–Trinajstić information content (AvgIpc) is 3.14. The number of hydrogen-bond donors (Lipinski definition) is 2. The van der Waals surface area contributed by atoms with Gasteiger partial charge in [-0.2, -0.15) is 0 Å². The lowest BCUT2D eigenvalue weighted by Gasteiger charge is -2.37. The molecule has 1 amide bonds. The van der Waals surface area contributed by atoms with Crippen molar-refractivity contribution in [2.75, 3.05) is 42.9 Å². The van der Waals surface area contributed by atoms with Crippen LogP contribution in [0, 0.1) is 11.7 Å². The first-order chi connectivity index (χ1) is 15.8. The number of nitrogens with two attached hydrogens (primary N) is 1. The van der Waals surface area contributed by atoms with E-state index in [4.69, 9.17) is 5.73 Å². The van der Waals surface area contributed by atoms with Crippen molar-refractivity contribution in [1.29, 1.82) is 0 Å². The van der Waals surface area contributed by atoms with Crippen LogP contribution in [-0.2, 0) is 17.6 Å². The van der Waals surface area contributed by atoms with Crippen LogP contribution in [0.3, 0.4) is 0 Å². The van der Waals surface area contributed by atoms with Gasteiger partial charge in [-0.05, 0) is 42.0 Å². The molecular weight excluding hydrogens is 433 g/mol. The zero-order valence-electron chi connectivity index (χ0n) is 18.4. The molecule has 1 aliphatic carbocycles. The minimum absolute atomic E-state index is 0.0216. The predicted molar refractivity (Wildman–Crippen MR) is 120 cm³/mol. The maximum atomic E-state index is 13.2. The van der Waals surface area contributed by atoms with Crippen LogP contribution in [0.15, 0.2) is 30.7 Å². The van der Waals surface area contributed by atoms with E-state index in [0.717, 1.165) is 37.1 Å². The molecule has 3 N–H and O–H groups in total. The first-order valence-corrected chi connectivity index (χ1v) is 11.0. The Bertz CT molecular complexity index is 1040. The Labute approximate surface area is 190 Å². The lowest BCUT2D eigenvalue weighted by Crippen LogP contribution is -2.48. The minimum atomic E-state index is -2.36. The van der Waals surface area contributed by atoms with Crippen molar-refractivity contribution < 1.29 is 18.0 Å². The van der Waals surface area contributed by atoms with E-state index in [1.54, 1.807) is 4.90 Å². The predicted octanol–water partition coefficient (Wildman–Crippen LogP) is 2.68. The topological polar surface area (TPSA) is 87.4 Å². The standard InChI is InChI=1S/C23H27F3N6O/c1-14-6-15-8-19(30-23(33)18(10-27)22-28-11-17(24)12-29-22)20(9-16(15)7-14)32-4-2-31(3-5-32)13-21(25)26/h8-12,14,21H,2-7,13,27H2,1H3,(H,30,33). The van der Waals surface area contributed by atoms with Crippen molar-refractivity contribution in [1.82, 2.24) is 14.9 Å². The molecule has 0 radical (unpaired) electrons. The molecule has 1 aliphatic heterocycles. The van der Waals surface area contributed by atoms with E-state index in [2.05, 4.69) is 33.2 Å². The SMILES string of the molecule is CC1Cc2cc(NC(=O)C(=CN)c3ncc(F)cn3)c(N3CCN(CC(F)F)CC3)cc2C1. The molecule has 1 fully saturated rings. The molecule has 33 heavy (non-hydrogen) atoms. The van der Waals surface area contributed by atoms with Gasteiger partial charge in [0, 0.05) is 32.4 Å². The number of benzene rings is 1. The van der Waals surface area contributed by atoms with Gasteiger partial charge in [-0.3, -0.25) is 9.69 Å². The summed E-state index contributed by atoms with van der Waals surface area (Å²) >= 11 is 0. The molecule has 0 spiro atoms. The molecule has 4 rings (SSSR count). The molecule has 2 aromatic rings. The second-order valence-corrected chi connectivity index (χ2v) is 8.59. The Kier molecular flexibility index (Phi) is 6.83. The van der Waals surface area contributed by atoms with Crippen LogP contribution in [0.1, 0.15) is 23.9 Å². The van der Waals surface area contributed by atoms with E-state index in [0.29, 0.717) is 37.8 Å². The molecule has 2 heterocycles. The second kappa shape index (κ2) is 9.78. The molecule has 0 bridgehead atoms. The summed E-state index contributed by atoms with van der Waals surface area (Å²) in [6, 6.07) is 4.08. The highest BCUT2D eigenvalue weighted by molar-refractivity contribution is 6.24. The van der Waals surface area contributed by atoms with E-state index >= 15 is 0 Å². The summed E-state index contributed by atoms with van der Waals surface area (Å²) in [5, 5.41) is 2.92. The smallest absolute Gasteiger partial charge is 0.261 e. The number of aromatic nitrogens is 2. The minimum Gasteiger partial charge on any atom is -0.404 e. The van der Waals surface area contributed by atoms with Gasteiger partial charge in [-0.1, -0.05) is 6.92 Å². The number of nitrogens with zero attached hydrogens (tertiary/aromatic N) is 4. The number of alkyl halides is 2. The van der Waals surface area contributed by atoms with Crippen molar-refractivity contribution >= 4 is 22.9 Å². The molecule has 1 aromatic heterocycles. The Morgan fingerprint density at radius 1 is 1.18 bits per heavy atom. The Morgan fingerprint density at radius 2 is 1.82 bits per heavy atom. The van der Waals surface area contributed by atoms with E-state index in [1.807, 2.05) is 6.07 Å². The first-order valence-electron chi connectivity index (χ1n) is 11.0. The van der Waals surface area contributed by atoms with E-state index in [1.165, 1.54) is 11.1 Å². The van der Waals surface area contributed by atoms with Crippen molar-refractivity contribution in [2.45, 2.75) is 26.2 Å². The zero-order chi connectivity index (χ0) is 23.5. The van der Waals surface area contributed by atoms with Crippen LogP contribution in [0.25, 0.3) is 5.57 Å². The maximum absolute atomic E-state index is 13.2. The summed E-state index contributed by atoms with van der Waals surface area (Å²) in [5.41, 5.74) is 9.58. The number of halogens is 3. The van der Waals surface area contributed by atoms with E-state index in [9.17, 15) is 18.0 Å². The number of anilines is 2. The quantitative estimate of drug-likeness (QED) is 0.645. The van der Waals surface area contributed by atoms with Crippen LogP contribution < -0.4 is 16.0 Å². The normalized spacial score (nSPS) is 19.1. The summed E-state index contributed by atoms with van der Waals surface area (Å²) in [7, 11) is 0. The monoisotopic (exact) mass is 460 g/mol. The zero-order valence-corrected chi connectivity index (χ0v) is 18.4. The highest BCUT2D eigenvalue weighted by atomic mass is 19.3. The van der Waals surface area contributed by atoms with Crippen LogP contribution in [0.2, 0.25) is 0 Å². The number of carbonyl (C=O) groups excluding carboxylic acids is 1. The molecule has 10 heteroatoms. The molecule has 0 saturated carbocycles. The number of hydrogen-bond acceptors (Lipinski definition) is 6. The van der Waals surface area contributed by atoms with Gasteiger partial charge in [0.05, 0.1) is 35.9 Å². The van der Waals surface area contributed by atoms with Gasteiger partial charge in [0.15, 0.2) is 11.6 Å². The maximum Gasteiger partial charge on any atom is 0.261 e. The van der Waals surface area contributed by atoms with Crippen molar-refractivity contribution in [3.63, 3.8) is 0 Å². The van der Waals surface area contributed by atoms with E-state index < -0.39 is 18.1 Å². The third kappa shape index (κ3) is 5.27. The lowest BCUT2D eigenvalue weighted by atomic mass is 10.1. The number of piperazine rings is 1. The van der Waals surface area contributed by atoms with Gasteiger partial charge >= 0.3 is 0 Å². The Hall–Kier alpha value is -3.14. The highest BCUT2D eigenvalue weighted by Gasteiger charge is 2.26. The summed E-state index contributed by atoms with van der Waals surface area (Å²) in [4.78, 5) is 24.6. The van der Waals surface area contributed by atoms with Crippen molar-refractivity contribution in [2.24, 2.45) is 11.7 Å². The Balaban J connectivity index is 1.59. The Morgan fingerprint density at radius 3 is 2.42 bits per heavy atom. The molecule has 1 atom stereocenters. The summed E-state index contributed by atoms with van der Waals surface area (Å²) < 4.78 is 38.7. The molecule has 1 aromatic carbocycles. The van der Waals surface area contributed by atoms with Crippen molar-refractivity contribution in [3.05, 3.63) is 53.5 Å². The summed E-state index contributed by atoms with van der Waals surface area (Å²) in [5.74, 6) is -0.591. The number of rotatable bonds is 6. The third-order valence-electron chi connectivity index (χ3n) is 6.08. The van der Waals surface area contributed by atoms with E-state index in [-0.39, 0.29) is 17.9 Å². The van der Waals surface area contributed by atoms with Crippen LogP contribution in [0.4, 0.5) is 24.5 Å². The second-order valence-electron chi connectivity index (χ2n) is 8.59. The number of fused-ring (bicyclic) bond motifs is 1. The van der Waals surface area contributed by atoms with Crippen LogP contribution in [-0.4, -0.2) is 59.9 Å². The molecular formula is C23H27F3N6O. The fourth-order valence-corrected chi connectivity index (χ4v) is 4.50. The largest absolute Gasteiger partial charge is 0.404 e. The molecule has 1 saturated heterocycles. The van der Waals surface area contributed by atoms with Gasteiger partial charge in [0.1, 0.15) is 0 Å². The lowest BCUT2D eigenvalue weighted by molar-refractivity contribution is -0.111. The van der Waals surface area contributed by atoms with Crippen LogP contribution >= 0.6 is 0 Å². The fourth-order valence-electron chi connectivity index (χ4n) is 4.50. The van der Waals surface area contributed by atoms with Gasteiger partial charge < -0.3 is 16.0 Å². The highest BCUT2D eigenvalue weighted by Crippen LogP contribution is 2.37. The summed E-state index contributed by atoms with van der Waals surface area (Å²) in [6.07, 6.45) is 2.56. The molecule has 176 valence electrons. The van der Waals surface area contributed by atoms with Gasteiger partial charge in [0.25, 0.3) is 12.3 Å². The van der Waals surface area contributed by atoms with Gasteiger partial charge in [0.2, 0.25) is 0 Å². The average molecular weight is 461 g/mol. The first kappa shape index (κ1) is 23.0. The number of carbonyl (C=O) groups is 1. The molecule has 1 unspecified atom stereocenters. The third-order valence-corrected chi connectivity index (χ3v) is 6.08. The fraction of sp³-hybridized carbons (Fsp3) is 0.435. The van der Waals surface area contributed by atoms with Gasteiger partial charge in [-0.25, -0.2) is 23.1 Å². The molecule has 7 nitrogen and oxygen atoms in total.